The number of nitrogens with zero attached hydrogens (tertiary/aromatic N) is 1. The maximum absolute atomic E-state index is 12.5. The SMILES string of the molecule is O=C(C1CCNc2ccccc21)N(CCO)CC(F)F. The van der Waals surface area contributed by atoms with Crippen LogP contribution < -0.4 is 5.32 Å². The second-order valence-electron chi connectivity index (χ2n) is 4.75. The summed E-state index contributed by atoms with van der Waals surface area (Å²) in [5.41, 5.74) is 1.71. The Labute approximate surface area is 116 Å². The molecule has 1 heterocycles. The molecule has 1 aliphatic rings. The number of alkyl halides is 2. The smallest absolute Gasteiger partial charge is 0.255 e. The van der Waals surface area contributed by atoms with E-state index in [9.17, 15) is 13.6 Å². The van der Waals surface area contributed by atoms with Gasteiger partial charge in [-0.25, -0.2) is 8.78 Å². The quantitative estimate of drug-likeness (QED) is 0.865. The third-order valence-electron chi connectivity index (χ3n) is 3.42. The van der Waals surface area contributed by atoms with E-state index in [1.165, 1.54) is 0 Å². The molecule has 0 saturated heterocycles. The van der Waals surface area contributed by atoms with Gasteiger partial charge in [-0.2, -0.15) is 0 Å². The lowest BCUT2D eigenvalue weighted by molar-refractivity contribution is -0.135. The number of benzene rings is 1. The topological polar surface area (TPSA) is 52.6 Å². The van der Waals surface area contributed by atoms with Crippen LogP contribution in [0, 0.1) is 0 Å². The van der Waals surface area contributed by atoms with Crippen LogP contribution in [0.25, 0.3) is 0 Å². The number of aliphatic hydroxyl groups is 1. The Hall–Kier alpha value is -1.69. The van der Waals surface area contributed by atoms with Gasteiger partial charge in [0.25, 0.3) is 6.43 Å². The Kier molecular flexibility index (Phi) is 4.89. The summed E-state index contributed by atoms with van der Waals surface area (Å²) >= 11 is 0. The number of anilines is 1. The minimum absolute atomic E-state index is 0.0602. The van der Waals surface area contributed by atoms with Gasteiger partial charge in [0.2, 0.25) is 5.91 Å². The molecule has 0 radical (unpaired) electrons. The highest BCUT2D eigenvalue weighted by Crippen LogP contribution is 2.32. The monoisotopic (exact) mass is 284 g/mol. The number of hydrogen-bond donors (Lipinski definition) is 2. The zero-order chi connectivity index (χ0) is 14.5. The summed E-state index contributed by atoms with van der Waals surface area (Å²) < 4.78 is 25.1. The standard InChI is InChI=1S/C14H18F2N2O2/c15-13(16)9-18(7-8-19)14(20)11-5-6-17-12-4-2-1-3-10(11)12/h1-4,11,13,17,19H,5-9H2. The fourth-order valence-corrected chi connectivity index (χ4v) is 2.52. The first kappa shape index (κ1) is 14.7. The maximum Gasteiger partial charge on any atom is 0.255 e. The van der Waals surface area contributed by atoms with Crippen molar-refractivity contribution < 1.29 is 18.7 Å². The van der Waals surface area contributed by atoms with Gasteiger partial charge < -0.3 is 15.3 Å². The van der Waals surface area contributed by atoms with Crippen molar-refractivity contribution >= 4 is 11.6 Å². The zero-order valence-corrected chi connectivity index (χ0v) is 11.1. The van der Waals surface area contributed by atoms with E-state index in [1.54, 1.807) is 0 Å². The first-order valence-electron chi connectivity index (χ1n) is 6.64. The van der Waals surface area contributed by atoms with Crippen LogP contribution in [0.1, 0.15) is 17.9 Å². The number of rotatable bonds is 5. The lowest BCUT2D eigenvalue weighted by atomic mass is 9.90. The van der Waals surface area contributed by atoms with Crippen LogP contribution in [-0.4, -0.2) is 48.6 Å². The van der Waals surface area contributed by atoms with Crippen molar-refractivity contribution in [2.24, 2.45) is 0 Å². The minimum atomic E-state index is -2.59. The Balaban J connectivity index is 2.19. The van der Waals surface area contributed by atoms with E-state index in [1.807, 2.05) is 24.3 Å². The molecular formula is C14H18F2N2O2. The molecule has 1 unspecified atom stereocenters. The molecule has 110 valence electrons. The van der Waals surface area contributed by atoms with E-state index in [-0.39, 0.29) is 19.1 Å². The van der Waals surface area contributed by atoms with Gasteiger partial charge in [-0.05, 0) is 18.1 Å². The highest BCUT2D eigenvalue weighted by atomic mass is 19.3. The van der Waals surface area contributed by atoms with Crippen LogP contribution >= 0.6 is 0 Å². The van der Waals surface area contributed by atoms with Crippen molar-refractivity contribution in [1.82, 2.24) is 4.90 Å². The first-order valence-corrected chi connectivity index (χ1v) is 6.64. The van der Waals surface area contributed by atoms with Crippen LogP contribution in [0.3, 0.4) is 0 Å². The molecule has 0 bridgehead atoms. The highest BCUT2D eigenvalue weighted by molar-refractivity contribution is 5.86. The van der Waals surface area contributed by atoms with Crippen molar-refractivity contribution in [3.05, 3.63) is 29.8 Å². The summed E-state index contributed by atoms with van der Waals surface area (Å²) in [6.07, 6.45) is -2.02. The van der Waals surface area contributed by atoms with Crippen LogP contribution in [0.2, 0.25) is 0 Å². The molecule has 0 spiro atoms. The van der Waals surface area contributed by atoms with Gasteiger partial charge >= 0.3 is 0 Å². The summed E-state index contributed by atoms with van der Waals surface area (Å²) in [4.78, 5) is 13.5. The molecule has 1 atom stereocenters. The molecule has 1 aromatic carbocycles. The largest absolute Gasteiger partial charge is 0.395 e. The van der Waals surface area contributed by atoms with Crippen LogP contribution in [0.4, 0.5) is 14.5 Å². The van der Waals surface area contributed by atoms with Crippen molar-refractivity contribution in [2.75, 3.05) is 31.6 Å². The van der Waals surface area contributed by atoms with E-state index in [0.29, 0.717) is 13.0 Å². The average Bonchev–Trinajstić information content (AvgIpc) is 2.45. The molecule has 0 aliphatic carbocycles. The normalized spacial score (nSPS) is 17.5. The highest BCUT2D eigenvalue weighted by Gasteiger charge is 2.30. The van der Waals surface area contributed by atoms with E-state index in [0.717, 1.165) is 16.2 Å². The minimum Gasteiger partial charge on any atom is -0.395 e. The van der Waals surface area contributed by atoms with Crippen molar-refractivity contribution in [2.45, 2.75) is 18.8 Å². The first-order chi connectivity index (χ1) is 9.63. The van der Waals surface area contributed by atoms with Crippen LogP contribution in [-0.2, 0) is 4.79 Å². The molecule has 20 heavy (non-hydrogen) atoms. The number of fused-ring (bicyclic) bond motifs is 1. The van der Waals surface area contributed by atoms with E-state index in [4.69, 9.17) is 5.11 Å². The van der Waals surface area contributed by atoms with Gasteiger partial charge in [-0.3, -0.25) is 4.79 Å². The Morgan fingerprint density at radius 2 is 2.20 bits per heavy atom. The molecule has 2 N–H and O–H groups in total. The third-order valence-corrected chi connectivity index (χ3v) is 3.42. The second kappa shape index (κ2) is 6.65. The van der Waals surface area contributed by atoms with Crippen molar-refractivity contribution in [3.63, 3.8) is 0 Å². The molecule has 0 saturated carbocycles. The number of halogens is 2. The fourth-order valence-electron chi connectivity index (χ4n) is 2.52. The predicted molar refractivity (Wildman–Crippen MR) is 72.0 cm³/mol. The molecule has 0 fully saturated rings. The van der Waals surface area contributed by atoms with Crippen LogP contribution in [0.15, 0.2) is 24.3 Å². The molecular weight excluding hydrogens is 266 g/mol. The molecule has 2 rings (SSSR count). The van der Waals surface area contributed by atoms with Crippen LogP contribution in [0.5, 0.6) is 0 Å². The van der Waals surface area contributed by atoms with Gasteiger partial charge in [-0.15, -0.1) is 0 Å². The number of aliphatic hydroxyl groups excluding tert-OH is 1. The molecule has 6 heteroatoms. The summed E-state index contributed by atoms with van der Waals surface area (Å²) in [6, 6.07) is 7.40. The summed E-state index contributed by atoms with van der Waals surface area (Å²) in [5, 5.41) is 12.1. The maximum atomic E-state index is 12.5. The summed E-state index contributed by atoms with van der Waals surface area (Å²) in [7, 11) is 0. The third kappa shape index (κ3) is 3.25. The molecule has 1 aliphatic heterocycles. The summed E-state index contributed by atoms with van der Waals surface area (Å²) in [6.45, 7) is -0.374. The molecule has 0 aromatic heterocycles. The fraction of sp³-hybridized carbons (Fsp3) is 0.500. The average molecular weight is 284 g/mol. The van der Waals surface area contributed by atoms with Crippen molar-refractivity contribution in [1.29, 1.82) is 0 Å². The lowest BCUT2D eigenvalue weighted by Crippen LogP contribution is -2.41. The summed E-state index contributed by atoms with van der Waals surface area (Å²) in [5.74, 6) is -0.758. The number of carbonyl (C=O) groups is 1. The predicted octanol–water partition coefficient (Wildman–Crippen LogP) is 1.67. The van der Waals surface area contributed by atoms with Gasteiger partial charge in [0.15, 0.2) is 0 Å². The number of hydrogen-bond acceptors (Lipinski definition) is 3. The Morgan fingerprint density at radius 3 is 2.90 bits per heavy atom. The van der Waals surface area contributed by atoms with E-state index < -0.39 is 18.9 Å². The number of nitrogens with one attached hydrogen (secondary N) is 1. The number of para-hydroxylation sites is 1. The van der Waals surface area contributed by atoms with E-state index >= 15 is 0 Å². The lowest BCUT2D eigenvalue weighted by Gasteiger charge is -2.31. The number of amides is 1. The molecule has 1 amide bonds. The second-order valence-corrected chi connectivity index (χ2v) is 4.75. The van der Waals surface area contributed by atoms with Gasteiger partial charge in [0, 0.05) is 18.8 Å². The molecule has 4 nitrogen and oxygen atoms in total. The Bertz CT molecular complexity index is 468. The zero-order valence-electron chi connectivity index (χ0n) is 11.1. The van der Waals surface area contributed by atoms with Gasteiger partial charge in [-0.1, -0.05) is 18.2 Å². The van der Waals surface area contributed by atoms with Crippen molar-refractivity contribution in [3.8, 4) is 0 Å². The van der Waals surface area contributed by atoms with Gasteiger partial charge in [0.05, 0.1) is 19.1 Å². The van der Waals surface area contributed by atoms with E-state index in [2.05, 4.69) is 5.32 Å². The number of carbonyl (C=O) groups excluding carboxylic acids is 1. The molecule has 1 aromatic rings. The Morgan fingerprint density at radius 1 is 1.45 bits per heavy atom. The van der Waals surface area contributed by atoms with Gasteiger partial charge in [0.1, 0.15) is 0 Å².